The van der Waals surface area contributed by atoms with E-state index < -0.39 is 5.91 Å². The molecule has 3 rings (SSSR count). The number of likely N-dealkylation sites (tertiary alicyclic amines) is 1. The zero-order valence-corrected chi connectivity index (χ0v) is 16.6. The lowest BCUT2D eigenvalue weighted by molar-refractivity contribution is 0.100. The van der Waals surface area contributed by atoms with Crippen molar-refractivity contribution in [2.45, 2.75) is 32.6 Å². The zero-order chi connectivity index (χ0) is 20.6. The number of nitrogens with one attached hydrogen (secondary N) is 3. The zero-order valence-electron chi connectivity index (χ0n) is 16.6. The van der Waals surface area contributed by atoms with Gasteiger partial charge in [-0.15, -0.1) is 0 Å². The molecule has 0 saturated carbocycles. The van der Waals surface area contributed by atoms with Crippen molar-refractivity contribution in [1.29, 1.82) is 0 Å². The van der Waals surface area contributed by atoms with Crippen LogP contribution in [0.25, 0.3) is 0 Å². The van der Waals surface area contributed by atoms with Crippen molar-refractivity contribution in [3.05, 3.63) is 36.0 Å². The predicted molar refractivity (Wildman–Crippen MR) is 113 cm³/mol. The summed E-state index contributed by atoms with van der Waals surface area (Å²) in [5, 5.41) is 9.15. The van der Waals surface area contributed by atoms with Crippen LogP contribution in [0.2, 0.25) is 0 Å². The van der Waals surface area contributed by atoms with E-state index in [1.807, 2.05) is 24.3 Å². The van der Waals surface area contributed by atoms with Gasteiger partial charge >= 0.3 is 6.03 Å². The third-order valence-electron chi connectivity index (χ3n) is 4.64. The molecule has 9 nitrogen and oxygen atoms in total. The Morgan fingerprint density at radius 2 is 1.97 bits per heavy atom. The summed E-state index contributed by atoms with van der Waals surface area (Å²) in [7, 11) is 0. The van der Waals surface area contributed by atoms with Crippen LogP contribution < -0.4 is 21.7 Å². The maximum absolute atomic E-state index is 12.3. The Hall–Kier alpha value is -3.36. The molecule has 1 fully saturated rings. The van der Waals surface area contributed by atoms with E-state index in [1.54, 1.807) is 4.90 Å². The van der Waals surface area contributed by atoms with Crippen molar-refractivity contribution < 1.29 is 9.59 Å². The van der Waals surface area contributed by atoms with Gasteiger partial charge in [-0.3, -0.25) is 4.79 Å². The van der Waals surface area contributed by atoms with E-state index in [9.17, 15) is 9.59 Å². The van der Waals surface area contributed by atoms with Crippen molar-refractivity contribution in [3.63, 3.8) is 0 Å². The number of benzene rings is 1. The monoisotopic (exact) mass is 397 g/mol. The first-order valence-corrected chi connectivity index (χ1v) is 9.90. The summed E-state index contributed by atoms with van der Waals surface area (Å²) >= 11 is 0. The summed E-state index contributed by atoms with van der Waals surface area (Å²) in [6.45, 7) is 4.35. The molecule has 154 valence electrons. The molecule has 2 aromatic rings. The van der Waals surface area contributed by atoms with Crippen LogP contribution in [0.15, 0.2) is 30.5 Å². The molecular formula is C20H27N7O2. The Bertz CT molecular complexity index is 866. The second-order valence-corrected chi connectivity index (χ2v) is 6.93. The number of aromatic nitrogens is 2. The Kier molecular flexibility index (Phi) is 6.83. The van der Waals surface area contributed by atoms with E-state index in [2.05, 4.69) is 32.8 Å². The third kappa shape index (κ3) is 5.56. The van der Waals surface area contributed by atoms with Gasteiger partial charge in [-0.05, 0) is 37.5 Å². The van der Waals surface area contributed by atoms with E-state index in [-0.39, 0.29) is 11.6 Å². The molecule has 1 aliphatic rings. The summed E-state index contributed by atoms with van der Waals surface area (Å²) < 4.78 is 0. The lowest BCUT2D eigenvalue weighted by Crippen LogP contribution is -2.32. The number of urea groups is 1. The minimum absolute atomic E-state index is 0.0934. The average Bonchev–Trinajstić information content (AvgIpc) is 3.23. The lowest BCUT2D eigenvalue weighted by atomic mass is 10.2. The molecule has 3 amide bonds. The summed E-state index contributed by atoms with van der Waals surface area (Å²) in [4.78, 5) is 34.3. The van der Waals surface area contributed by atoms with Gasteiger partial charge in [-0.2, -0.15) is 4.98 Å². The molecule has 0 radical (unpaired) electrons. The lowest BCUT2D eigenvalue weighted by Gasteiger charge is -2.16. The highest BCUT2D eigenvalue weighted by molar-refractivity contribution is 5.97. The number of hydrogen-bond donors (Lipinski definition) is 4. The molecule has 5 N–H and O–H groups in total. The van der Waals surface area contributed by atoms with Crippen molar-refractivity contribution in [2.24, 2.45) is 5.73 Å². The number of nitrogens with two attached hydrogens (primary N) is 1. The molecule has 9 heteroatoms. The Balaban J connectivity index is 1.71. The Morgan fingerprint density at radius 3 is 2.69 bits per heavy atom. The van der Waals surface area contributed by atoms with Crippen molar-refractivity contribution in [1.82, 2.24) is 14.9 Å². The SMILES string of the molecule is CCCCNc1nc(Nc2cccc(NC(=O)N3CCCC3)c2)ncc1C(N)=O. The summed E-state index contributed by atoms with van der Waals surface area (Å²) in [6, 6.07) is 7.22. The van der Waals surface area contributed by atoms with Crippen LogP contribution >= 0.6 is 0 Å². The molecule has 1 aliphatic heterocycles. The van der Waals surface area contributed by atoms with Gasteiger partial charge in [0.05, 0.1) is 5.56 Å². The van der Waals surface area contributed by atoms with Gasteiger partial charge in [-0.1, -0.05) is 19.4 Å². The average molecular weight is 397 g/mol. The van der Waals surface area contributed by atoms with Crippen molar-refractivity contribution >= 4 is 35.1 Å². The summed E-state index contributed by atoms with van der Waals surface area (Å²) in [5.41, 5.74) is 7.06. The highest BCUT2D eigenvalue weighted by Crippen LogP contribution is 2.21. The van der Waals surface area contributed by atoms with Gasteiger partial charge in [0.25, 0.3) is 5.91 Å². The number of carbonyl (C=O) groups excluding carboxylic acids is 2. The van der Waals surface area contributed by atoms with Gasteiger partial charge in [0, 0.05) is 37.2 Å². The van der Waals surface area contributed by atoms with Gasteiger partial charge < -0.3 is 26.6 Å². The van der Waals surface area contributed by atoms with Crippen LogP contribution in [-0.2, 0) is 0 Å². The number of rotatable bonds is 8. The Morgan fingerprint density at radius 1 is 1.21 bits per heavy atom. The Labute approximate surface area is 170 Å². The minimum Gasteiger partial charge on any atom is -0.369 e. The predicted octanol–water partition coefficient (Wildman–Crippen LogP) is 3.16. The number of unbranched alkanes of at least 4 members (excludes halogenated alkanes) is 1. The highest BCUT2D eigenvalue weighted by atomic mass is 16.2. The number of anilines is 4. The molecule has 0 bridgehead atoms. The molecule has 1 aromatic carbocycles. The number of carbonyl (C=O) groups is 2. The first-order valence-electron chi connectivity index (χ1n) is 9.90. The molecule has 0 unspecified atom stereocenters. The molecule has 0 atom stereocenters. The normalized spacial score (nSPS) is 13.2. The van der Waals surface area contributed by atoms with Crippen LogP contribution in [0.3, 0.4) is 0 Å². The molecule has 29 heavy (non-hydrogen) atoms. The van der Waals surface area contributed by atoms with Crippen LogP contribution in [0.4, 0.5) is 27.9 Å². The number of hydrogen-bond acceptors (Lipinski definition) is 6. The first-order chi connectivity index (χ1) is 14.1. The van der Waals surface area contributed by atoms with Crippen LogP contribution in [0, 0.1) is 0 Å². The van der Waals surface area contributed by atoms with Gasteiger partial charge in [0.1, 0.15) is 5.82 Å². The van der Waals surface area contributed by atoms with Gasteiger partial charge in [0.2, 0.25) is 5.95 Å². The molecule has 1 saturated heterocycles. The molecule has 1 aromatic heterocycles. The highest BCUT2D eigenvalue weighted by Gasteiger charge is 2.18. The number of primary amides is 1. The summed E-state index contributed by atoms with van der Waals surface area (Å²) in [5.74, 6) is 0.154. The van der Waals surface area contributed by atoms with Crippen LogP contribution in [-0.4, -0.2) is 46.4 Å². The maximum atomic E-state index is 12.3. The standard InChI is InChI=1S/C20H27N7O2/c1-2-3-9-22-18-16(17(21)28)13-23-19(26-18)24-14-7-6-8-15(12-14)25-20(29)27-10-4-5-11-27/h6-8,12-13H,2-5,9-11H2,1H3,(H2,21,28)(H,25,29)(H2,22,23,24,26). The van der Waals surface area contributed by atoms with E-state index in [1.165, 1.54) is 6.20 Å². The smallest absolute Gasteiger partial charge is 0.321 e. The molecule has 0 aliphatic carbocycles. The van der Waals surface area contributed by atoms with E-state index >= 15 is 0 Å². The van der Waals surface area contributed by atoms with E-state index in [0.29, 0.717) is 24.0 Å². The maximum Gasteiger partial charge on any atom is 0.321 e. The van der Waals surface area contributed by atoms with E-state index in [0.717, 1.165) is 44.5 Å². The van der Waals surface area contributed by atoms with Gasteiger partial charge in [0.15, 0.2) is 0 Å². The van der Waals surface area contributed by atoms with Gasteiger partial charge in [-0.25, -0.2) is 9.78 Å². The van der Waals surface area contributed by atoms with Crippen molar-refractivity contribution in [2.75, 3.05) is 35.6 Å². The first kappa shape index (κ1) is 20.4. The summed E-state index contributed by atoms with van der Waals surface area (Å²) in [6.07, 6.45) is 5.46. The molecule has 0 spiro atoms. The second-order valence-electron chi connectivity index (χ2n) is 6.93. The largest absolute Gasteiger partial charge is 0.369 e. The number of nitrogens with zero attached hydrogens (tertiary/aromatic N) is 3. The van der Waals surface area contributed by atoms with Crippen molar-refractivity contribution in [3.8, 4) is 0 Å². The quantitative estimate of drug-likeness (QED) is 0.507. The van der Waals surface area contributed by atoms with Crippen LogP contribution in [0.1, 0.15) is 43.0 Å². The van der Waals surface area contributed by atoms with Crippen LogP contribution in [0.5, 0.6) is 0 Å². The number of amides is 3. The third-order valence-corrected chi connectivity index (χ3v) is 4.64. The fourth-order valence-corrected chi connectivity index (χ4v) is 3.07. The fourth-order valence-electron chi connectivity index (χ4n) is 3.07. The second kappa shape index (κ2) is 9.72. The topological polar surface area (TPSA) is 125 Å². The fraction of sp³-hybridized carbons (Fsp3) is 0.400. The molecular weight excluding hydrogens is 370 g/mol. The van der Waals surface area contributed by atoms with E-state index in [4.69, 9.17) is 5.73 Å². The molecule has 2 heterocycles. The minimum atomic E-state index is -0.581.